The van der Waals surface area contributed by atoms with E-state index in [0.29, 0.717) is 19.5 Å². The minimum Gasteiger partial charge on any atom is -0.378 e. The highest BCUT2D eigenvalue weighted by atomic mass is 32.1. The predicted octanol–water partition coefficient (Wildman–Crippen LogP) is 2.78. The molecular weight excluding hydrogens is 398 g/mol. The molecule has 2 aromatic rings. The maximum absolute atomic E-state index is 13.3. The molecule has 4 rings (SSSR count). The number of rotatable bonds is 6. The quantitative estimate of drug-likeness (QED) is 0.711. The number of hydrogen-bond acceptors (Lipinski definition) is 5. The van der Waals surface area contributed by atoms with Crippen LogP contribution in [0.3, 0.4) is 0 Å². The molecule has 0 radical (unpaired) electrons. The Morgan fingerprint density at radius 3 is 2.70 bits per heavy atom. The Bertz CT molecular complexity index is 864. The van der Waals surface area contributed by atoms with Crippen LogP contribution in [0.4, 0.5) is 5.69 Å². The summed E-state index contributed by atoms with van der Waals surface area (Å²) in [6, 6.07) is 11.8. The van der Waals surface area contributed by atoms with Crippen molar-refractivity contribution in [1.29, 1.82) is 0 Å². The van der Waals surface area contributed by atoms with E-state index >= 15 is 0 Å². The number of para-hydroxylation sites is 1. The number of anilines is 1. The van der Waals surface area contributed by atoms with Crippen molar-refractivity contribution < 1.29 is 14.3 Å². The third kappa shape index (κ3) is 4.68. The van der Waals surface area contributed by atoms with E-state index in [9.17, 15) is 9.59 Å². The molecule has 1 aromatic carbocycles. The van der Waals surface area contributed by atoms with Crippen molar-refractivity contribution >= 4 is 28.8 Å². The molecule has 1 unspecified atom stereocenters. The number of nitrogens with zero attached hydrogens (tertiary/aromatic N) is 3. The van der Waals surface area contributed by atoms with Crippen molar-refractivity contribution in [1.82, 2.24) is 9.80 Å². The van der Waals surface area contributed by atoms with Crippen LogP contribution >= 0.6 is 11.3 Å². The van der Waals surface area contributed by atoms with E-state index in [1.165, 1.54) is 0 Å². The molecule has 2 amide bonds. The van der Waals surface area contributed by atoms with Gasteiger partial charge in [0.25, 0.3) is 0 Å². The zero-order valence-corrected chi connectivity index (χ0v) is 18.3. The summed E-state index contributed by atoms with van der Waals surface area (Å²) in [5.74, 6) is 0.0826. The molecule has 2 aliphatic rings. The van der Waals surface area contributed by atoms with Crippen LogP contribution in [0, 0.1) is 0 Å². The van der Waals surface area contributed by atoms with Crippen LogP contribution in [-0.2, 0) is 27.3 Å². The van der Waals surface area contributed by atoms with Gasteiger partial charge in [0.1, 0.15) is 6.04 Å². The summed E-state index contributed by atoms with van der Waals surface area (Å²) in [5.41, 5.74) is 2.29. The number of likely N-dealkylation sites (tertiary alicyclic amines) is 1. The third-order valence-corrected chi connectivity index (χ3v) is 6.77. The Labute approximate surface area is 182 Å². The fourth-order valence-corrected chi connectivity index (χ4v) is 5.03. The normalized spacial score (nSPS) is 19.2. The van der Waals surface area contributed by atoms with E-state index in [1.807, 2.05) is 36.7 Å². The van der Waals surface area contributed by atoms with Crippen molar-refractivity contribution in [2.45, 2.75) is 31.8 Å². The lowest BCUT2D eigenvalue weighted by molar-refractivity contribution is -0.143. The fourth-order valence-electron chi connectivity index (χ4n) is 4.33. The van der Waals surface area contributed by atoms with Gasteiger partial charge in [-0.15, -0.1) is 11.3 Å². The number of carbonyl (C=O) groups excluding carboxylic acids is 2. The van der Waals surface area contributed by atoms with E-state index in [1.54, 1.807) is 21.1 Å². The highest BCUT2D eigenvalue weighted by Crippen LogP contribution is 2.25. The van der Waals surface area contributed by atoms with E-state index in [-0.39, 0.29) is 17.9 Å². The van der Waals surface area contributed by atoms with Gasteiger partial charge in [0.15, 0.2) is 0 Å². The molecule has 1 aromatic heterocycles. The zero-order valence-electron chi connectivity index (χ0n) is 17.5. The molecule has 0 bridgehead atoms. The smallest absolute Gasteiger partial charge is 0.245 e. The van der Waals surface area contributed by atoms with Gasteiger partial charge in [-0.1, -0.05) is 24.3 Å². The summed E-state index contributed by atoms with van der Waals surface area (Å²) >= 11 is 1.59. The molecule has 2 fully saturated rings. The van der Waals surface area contributed by atoms with Crippen LogP contribution in [0.25, 0.3) is 0 Å². The molecule has 30 heavy (non-hydrogen) atoms. The van der Waals surface area contributed by atoms with Crippen LogP contribution in [0.2, 0.25) is 0 Å². The summed E-state index contributed by atoms with van der Waals surface area (Å²) in [5, 5.41) is 1.98. The van der Waals surface area contributed by atoms with Gasteiger partial charge in [-0.2, -0.15) is 0 Å². The van der Waals surface area contributed by atoms with E-state index in [0.717, 1.165) is 55.3 Å². The van der Waals surface area contributed by atoms with E-state index in [4.69, 9.17) is 4.74 Å². The number of amides is 2. The number of ether oxygens (including phenoxy) is 1. The lowest BCUT2D eigenvalue weighted by atomic mass is 10.1. The SMILES string of the molecule is CN(Cc1ccccc1N1CCOCC1)C(=O)C1CCCN1C(=O)Cc1cccs1. The molecule has 160 valence electrons. The van der Waals surface area contributed by atoms with Crippen LogP contribution in [-0.4, -0.2) is 67.6 Å². The molecule has 2 saturated heterocycles. The van der Waals surface area contributed by atoms with Gasteiger partial charge < -0.3 is 19.4 Å². The number of carbonyl (C=O) groups is 2. The first-order valence-corrected chi connectivity index (χ1v) is 11.5. The van der Waals surface area contributed by atoms with Gasteiger partial charge in [0, 0.05) is 43.8 Å². The number of thiophene rings is 1. The average molecular weight is 428 g/mol. The van der Waals surface area contributed by atoms with Gasteiger partial charge in [-0.25, -0.2) is 0 Å². The monoisotopic (exact) mass is 427 g/mol. The Hall–Kier alpha value is -2.38. The highest BCUT2D eigenvalue weighted by molar-refractivity contribution is 7.10. The maximum Gasteiger partial charge on any atom is 0.245 e. The molecule has 0 spiro atoms. The third-order valence-electron chi connectivity index (χ3n) is 5.89. The number of likely N-dealkylation sites (N-methyl/N-ethyl adjacent to an activating group) is 1. The second kappa shape index (κ2) is 9.62. The number of benzene rings is 1. The Morgan fingerprint density at radius 2 is 1.93 bits per heavy atom. The molecule has 3 heterocycles. The molecule has 2 aliphatic heterocycles. The molecule has 1 atom stereocenters. The summed E-state index contributed by atoms with van der Waals surface area (Å²) in [7, 11) is 1.85. The first-order chi connectivity index (χ1) is 14.6. The Balaban J connectivity index is 1.42. The van der Waals surface area contributed by atoms with Crippen LogP contribution < -0.4 is 4.90 Å². The van der Waals surface area contributed by atoms with Gasteiger partial charge in [0.05, 0.1) is 19.6 Å². The summed E-state index contributed by atoms with van der Waals surface area (Å²) in [4.78, 5) is 33.0. The van der Waals surface area contributed by atoms with Crippen LogP contribution in [0.1, 0.15) is 23.3 Å². The first-order valence-electron chi connectivity index (χ1n) is 10.6. The average Bonchev–Trinajstić information content (AvgIpc) is 3.46. The topological polar surface area (TPSA) is 53.1 Å². The summed E-state index contributed by atoms with van der Waals surface area (Å²) in [6.45, 7) is 4.39. The van der Waals surface area contributed by atoms with Crippen LogP contribution in [0.5, 0.6) is 0 Å². The standard InChI is InChI=1S/C23H29N3O3S/c1-24(17-18-6-2-3-8-20(18)25-11-13-29-14-12-25)23(28)21-9-4-10-26(21)22(27)16-19-7-5-15-30-19/h2-3,5-8,15,21H,4,9-14,16-17H2,1H3. The zero-order chi connectivity index (χ0) is 20.9. The van der Waals surface area contributed by atoms with Crippen molar-refractivity contribution in [3.8, 4) is 0 Å². The second-order valence-electron chi connectivity index (χ2n) is 7.92. The highest BCUT2D eigenvalue weighted by Gasteiger charge is 2.35. The van der Waals surface area contributed by atoms with Crippen molar-refractivity contribution in [3.05, 3.63) is 52.2 Å². The number of hydrogen-bond donors (Lipinski definition) is 0. The van der Waals surface area contributed by atoms with Gasteiger partial charge in [-0.3, -0.25) is 9.59 Å². The van der Waals surface area contributed by atoms with E-state index < -0.39 is 0 Å². The molecular formula is C23H29N3O3S. The van der Waals surface area contributed by atoms with Gasteiger partial charge in [-0.05, 0) is 35.9 Å². The van der Waals surface area contributed by atoms with Crippen LogP contribution in [0.15, 0.2) is 41.8 Å². The second-order valence-corrected chi connectivity index (χ2v) is 8.96. The summed E-state index contributed by atoms with van der Waals surface area (Å²) < 4.78 is 5.48. The Morgan fingerprint density at radius 1 is 1.13 bits per heavy atom. The van der Waals surface area contributed by atoms with E-state index in [2.05, 4.69) is 17.0 Å². The molecule has 0 aliphatic carbocycles. The maximum atomic E-state index is 13.3. The molecule has 6 nitrogen and oxygen atoms in total. The molecule has 0 saturated carbocycles. The van der Waals surface area contributed by atoms with Gasteiger partial charge >= 0.3 is 0 Å². The number of morpholine rings is 1. The Kier molecular flexibility index (Phi) is 6.69. The lowest BCUT2D eigenvalue weighted by Crippen LogP contribution is -2.47. The van der Waals surface area contributed by atoms with Gasteiger partial charge in [0.2, 0.25) is 11.8 Å². The molecule has 0 N–H and O–H groups in total. The minimum atomic E-state index is -0.349. The van der Waals surface area contributed by atoms with Crippen molar-refractivity contribution in [2.24, 2.45) is 0 Å². The predicted molar refractivity (Wildman–Crippen MR) is 119 cm³/mol. The first kappa shape index (κ1) is 20.9. The minimum absolute atomic E-state index is 0.0313. The largest absolute Gasteiger partial charge is 0.378 e. The molecule has 7 heteroatoms. The lowest BCUT2D eigenvalue weighted by Gasteiger charge is -2.32. The summed E-state index contributed by atoms with van der Waals surface area (Å²) in [6.07, 6.45) is 2.00. The fraction of sp³-hybridized carbons (Fsp3) is 0.478. The van der Waals surface area contributed by atoms with Crippen molar-refractivity contribution in [3.63, 3.8) is 0 Å². The van der Waals surface area contributed by atoms with Crippen molar-refractivity contribution in [2.75, 3.05) is 44.8 Å².